The van der Waals surface area contributed by atoms with Crippen molar-refractivity contribution in [2.45, 2.75) is 52.4 Å². The molecular formula is C46H41BrN2. The molecule has 0 unspecified atom stereocenters. The summed E-state index contributed by atoms with van der Waals surface area (Å²) in [6.07, 6.45) is 0. The minimum absolute atomic E-state index is 0.0369. The molecule has 0 spiro atoms. The largest absolute Gasteiger partial charge is 0.309 e. The van der Waals surface area contributed by atoms with Crippen molar-refractivity contribution in [3.8, 4) is 5.69 Å². The van der Waals surface area contributed by atoms with E-state index in [1.165, 1.54) is 54.5 Å². The van der Waals surface area contributed by atoms with Gasteiger partial charge in [-0.1, -0.05) is 133 Å². The van der Waals surface area contributed by atoms with Gasteiger partial charge in [-0.15, -0.1) is 0 Å². The first-order valence-electron chi connectivity index (χ1n) is 17.1. The minimum atomic E-state index is 0.0369. The second-order valence-corrected chi connectivity index (χ2v) is 16.0. The Morgan fingerprint density at radius 1 is 0.490 bits per heavy atom. The van der Waals surface area contributed by atoms with Gasteiger partial charge < -0.3 is 9.47 Å². The fraction of sp³-hybridized carbons (Fsp3) is 0.174. The molecule has 0 saturated heterocycles. The van der Waals surface area contributed by atoms with E-state index in [9.17, 15) is 0 Å². The summed E-state index contributed by atoms with van der Waals surface area (Å²) < 4.78 is 3.48. The number of benzene rings is 7. The van der Waals surface area contributed by atoms with E-state index >= 15 is 0 Å². The molecule has 0 aliphatic rings. The van der Waals surface area contributed by atoms with Crippen molar-refractivity contribution >= 4 is 76.3 Å². The van der Waals surface area contributed by atoms with E-state index in [2.05, 4.69) is 206 Å². The summed E-state index contributed by atoms with van der Waals surface area (Å²) in [6.45, 7) is 13.7. The molecule has 49 heavy (non-hydrogen) atoms. The number of nitrogens with zero attached hydrogens (tertiary/aromatic N) is 2. The maximum absolute atomic E-state index is 4.21. The Labute approximate surface area is 297 Å². The first kappa shape index (κ1) is 31.4. The van der Waals surface area contributed by atoms with E-state index in [4.69, 9.17) is 0 Å². The lowest BCUT2D eigenvalue weighted by molar-refractivity contribution is 0.590. The monoisotopic (exact) mass is 700 g/mol. The summed E-state index contributed by atoms with van der Waals surface area (Å²) in [5.74, 6) is 0. The molecule has 3 heteroatoms. The zero-order chi connectivity index (χ0) is 34.1. The molecule has 0 N–H and O–H groups in total. The molecule has 0 saturated carbocycles. The molecule has 0 radical (unpaired) electrons. The summed E-state index contributed by atoms with van der Waals surface area (Å²) in [6, 6.07) is 51.4. The lowest BCUT2D eigenvalue weighted by Crippen LogP contribution is -2.14. The minimum Gasteiger partial charge on any atom is -0.309 e. The number of rotatable bonds is 4. The molecule has 0 aliphatic carbocycles. The van der Waals surface area contributed by atoms with Gasteiger partial charge in [-0.3, -0.25) is 0 Å². The van der Waals surface area contributed by atoms with Crippen LogP contribution in [0.4, 0.5) is 17.1 Å². The van der Waals surface area contributed by atoms with Crippen LogP contribution in [0.5, 0.6) is 0 Å². The standard InChI is InChI=1S/C46H41BrN2/c1-45(2,3)32-22-25-34(26-23-32)48(38-18-11-15-30-13-7-9-16-35(30)38)41-19-12-20-42(44(41)47)49-39-28-24-33(46(4,5)6)29-37(39)43-36-17-10-8-14-31(36)21-27-40(43)49/h7-29H,1-6H3. The van der Waals surface area contributed by atoms with Crippen LogP contribution in [-0.4, -0.2) is 4.57 Å². The lowest BCUT2D eigenvalue weighted by atomic mass is 9.86. The van der Waals surface area contributed by atoms with Crippen molar-refractivity contribution in [2.75, 3.05) is 4.90 Å². The van der Waals surface area contributed by atoms with Gasteiger partial charge in [0.1, 0.15) is 0 Å². The van der Waals surface area contributed by atoms with Crippen LogP contribution in [0.3, 0.4) is 0 Å². The Hall–Kier alpha value is -4.86. The molecular weight excluding hydrogens is 660 g/mol. The van der Waals surface area contributed by atoms with Gasteiger partial charge in [0.25, 0.3) is 0 Å². The molecule has 2 nitrogen and oxygen atoms in total. The van der Waals surface area contributed by atoms with Crippen molar-refractivity contribution in [1.29, 1.82) is 0 Å². The zero-order valence-corrected chi connectivity index (χ0v) is 30.6. The Kier molecular flexibility index (Phi) is 7.46. The highest BCUT2D eigenvalue weighted by atomic mass is 79.9. The third-order valence-corrected chi connectivity index (χ3v) is 10.8. The summed E-state index contributed by atoms with van der Waals surface area (Å²) in [4.78, 5) is 2.41. The quantitative estimate of drug-likeness (QED) is 0.177. The molecule has 0 atom stereocenters. The number of hydrogen-bond donors (Lipinski definition) is 0. The summed E-state index contributed by atoms with van der Waals surface area (Å²) in [5, 5.41) is 7.52. The van der Waals surface area contributed by atoms with E-state index in [1.807, 2.05) is 0 Å². The highest BCUT2D eigenvalue weighted by Gasteiger charge is 2.24. The van der Waals surface area contributed by atoms with Crippen LogP contribution < -0.4 is 4.90 Å². The number of fused-ring (bicyclic) bond motifs is 6. The van der Waals surface area contributed by atoms with Crippen molar-refractivity contribution < 1.29 is 0 Å². The number of hydrogen-bond acceptors (Lipinski definition) is 1. The number of halogens is 1. The Balaban J connectivity index is 1.42. The maximum Gasteiger partial charge on any atom is 0.0656 e. The molecule has 0 fully saturated rings. The molecule has 0 aliphatic heterocycles. The Bertz CT molecular complexity index is 2520. The van der Waals surface area contributed by atoms with Crippen LogP contribution in [0.2, 0.25) is 0 Å². The van der Waals surface area contributed by atoms with E-state index in [0.717, 1.165) is 27.2 Å². The first-order chi connectivity index (χ1) is 23.5. The highest BCUT2D eigenvalue weighted by Crippen LogP contribution is 2.46. The van der Waals surface area contributed by atoms with Crippen molar-refractivity contribution in [3.63, 3.8) is 0 Å². The molecule has 1 heterocycles. The van der Waals surface area contributed by atoms with Gasteiger partial charge in [0.2, 0.25) is 0 Å². The van der Waals surface area contributed by atoms with E-state index in [0.29, 0.717) is 0 Å². The predicted molar refractivity (Wildman–Crippen MR) is 216 cm³/mol. The molecule has 0 bridgehead atoms. The van der Waals surface area contributed by atoms with Crippen molar-refractivity contribution in [3.05, 3.63) is 155 Å². The molecule has 7 aromatic carbocycles. The summed E-state index contributed by atoms with van der Waals surface area (Å²) >= 11 is 4.21. The van der Waals surface area contributed by atoms with Gasteiger partial charge >= 0.3 is 0 Å². The van der Waals surface area contributed by atoms with Gasteiger partial charge in [0, 0.05) is 21.8 Å². The summed E-state index contributed by atoms with van der Waals surface area (Å²) in [7, 11) is 0. The topological polar surface area (TPSA) is 8.17 Å². The van der Waals surface area contributed by atoms with Crippen molar-refractivity contribution in [1.82, 2.24) is 4.57 Å². The number of aromatic nitrogens is 1. The third-order valence-electron chi connectivity index (χ3n) is 9.96. The second kappa shape index (κ2) is 11.6. The van der Waals surface area contributed by atoms with Crippen LogP contribution in [0, 0.1) is 0 Å². The van der Waals surface area contributed by atoms with E-state index < -0.39 is 0 Å². The fourth-order valence-corrected chi connectivity index (χ4v) is 7.91. The lowest BCUT2D eigenvalue weighted by Gasteiger charge is -2.29. The second-order valence-electron chi connectivity index (χ2n) is 15.2. The first-order valence-corrected chi connectivity index (χ1v) is 17.9. The summed E-state index contributed by atoms with van der Waals surface area (Å²) in [5.41, 5.74) is 9.59. The zero-order valence-electron chi connectivity index (χ0n) is 29.1. The Morgan fingerprint density at radius 2 is 1.06 bits per heavy atom. The Morgan fingerprint density at radius 3 is 1.78 bits per heavy atom. The van der Waals surface area contributed by atoms with Crippen LogP contribution in [-0.2, 0) is 10.8 Å². The highest BCUT2D eigenvalue weighted by molar-refractivity contribution is 9.10. The van der Waals surface area contributed by atoms with Gasteiger partial charge in [-0.2, -0.15) is 0 Å². The molecule has 8 aromatic rings. The van der Waals surface area contributed by atoms with E-state index in [-0.39, 0.29) is 10.8 Å². The average Bonchev–Trinajstić information content (AvgIpc) is 3.43. The van der Waals surface area contributed by atoms with Crippen LogP contribution in [0.1, 0.15) is 52.7 Å². The molecule has 242 valence electrons. The van der Waals surface area contributed by atoms with Gasteiger partial charge in [-0.05, 0) is 103 Å². The van der Waals surface area contributed by atoms with E-state index in [1.54, 1.807) is 0 Å². The fourth-order valence-electron chi connectivity index (χ4n) is 7.29. The van der Waals surface area contributed by atoms with Crippen molar-refractivity contribution in [2.24, 2.45) is 0 Å². The third kappa shape index (κ3) is 5.32. The molecule has 0 amide bonds. The van der Waals surface area contributed by atoms with Gasteiger partial charge in [0.15, 0.2) is 0 Å². The normalized spacial score (nSPS) is 12.4. The smallest absolute Gasteiger partial charge is 0.0656 e. The molecule has 8 rings (SSSR count). The average molecular weight is 702 g/mol. The van der Waals surface area contributed by atoms with Crippen LogP contribution in [0.25, 0.3) is 49.0 Å². The van der Waals surface area contributed by atoms with Gasteiger partial charge in [0.05, 0.1) is 32.6 Å². The predicted octanol–water partition coefficient (Wildman–Crippen LogP) is 13.9. The molecule has 1 aromatic heterocycles. The SMILES string of the molecule is CC(C)(C)c1ccc(N(c2cccc(-n3c4ccc(C(C)(C)C)cc4c4c5ccccc5ccc43)c2Br)c2cccc3ccccc23)cc1. The maximum atomic E-state index is 4.21. The van der Waals surface area contributed by atoms with Gasteiger partial charge in [-0.25, -0.2) is 0 Å². The number of anilines is 3. The van der Waals surface area contributed by atoms with Crippen LogP contribution in [0.15, 0.2) is 144 Å². The van der Waals surface area contributed by atoms with Crippen LogP contribution >= 0.6 is 15.9 Å².